The third-order valence-corrected chi connectivity index (χ3v) is 9.46. The number of benzene rings is 3. The average Bonchev–Trinajstić information content (AvgIpc) is 3.41. The largest absolute Gasteiger partial charge is 0.464 e. The Morgan fingerprint density at radius 1 is 0.978 bits per heavy atom. The van der Waals surface area contributed by atoms with Crippen molar-refractivity contribution in [2.24, 2.45) is 0 Å². The minimum absolute atomic E-state index is 0.0357. The summed E-state index contributed by atoms with van der Waals surface area (Å²) in [6, 6.07) is 22.2. The SMILES string of the molecule is CCCCc1nc(SC)c(C(C)(O)C(=O)OCC)n1Cc1ccc(-c2ccccc2S(=O)(=O)NC(=O)NCc2ccccc2)cc1. The number of amides is 2. The minimum atomic E-state index is -4.20. The molecule has 0 saturated carbocycles. The second-order valence-corrected chi connectivity index (χ2v) is 13.3. The number of carbonyl (C=O) groups excluding carboxylic acids is 2. The van der Waals surface area contributed by atoms with Crippen LogP contribution in [0.1, 0.15) is 56.3 Å². The standard InChI is InChI=1S/C34H40N4O6S2/c1-5-7-17-29-36-31(45-4)30(34(3,41)32(39)44-6-2)38(29)23-25-18-20-26(21-19-25)27-15-11-12-16-28(27)46(42,43)37-33(40)35-22-24-13-9-8-10-14-24/h8-16,18-21,41H,5-7,17,22-23H2,1-4H3,(H2,35,37,40). The second kappa shape index (κ2) is 15.4. The van der Waals surface area contributed by atoms with E-state index < -0.39 is 27.6 Å². The summed E-state index contributed by atoms with van der Waals surface area (Å²) in [5.74, 6) is 0.00640. The maximum Gasteiger partial charge on any atom is 0.344 e. The molecule has 0 bridgehead atoms. The molecule has 1 heterocycles. The maximum atomic E-state index is 13.3. The van der Waals surface area contributed by atoms with Crippen LogP contribution in [0.2, 0.25) is 0 Å². The molecular formula is C34H40N4O6S2. The van der Waals surface area contributed by atoms with Gasteiger partial charge in [0.2, 0.25) is 5.60 Å². The average molecular weight is 665 g/mol. The number of ether oxygens (including phenoxy) is 1. The number of nitrogens with zero attached hydrogens (tertiary/aromatic N) is 2. The van der Waals surface area contributed by atoms with Gasteiger partial charge in [-0.25, -0.2) is 27.7 Å². The Kier molecular flexibility index (Phi) is 11.7. The molecule has 10 nitrogen and oxygen atoms in total. The number of thioether (sulfide) groups is 1. The van der Waals surface area contributed by atoms with E-state index in [0.29, 0.717) is 34.8 Å². The molecule has 0 aliphatic rings. The lowest BCUT2D eigenvalue weighted by Gasteiger charge is -2.24. The molecule has 0 aliphatic carbocycles. The summed E-state index contributed by atoms with van der Waals surface area (Å²) in [5, 5.41) is 14.5. The Morgan fingerprint density at radius 2 is 1.65 bits per heavy atom. The number of esters is 1. The van der Waals surface area contributed by atoms with Gasteiger partial charge < -0.3 is 19.7 Å². The highest BCUT2D eigenvalue weighted by Crippen LogP contribution is 2.34. The first-order valence-corrected chi connectivity index (χ1v) is 17.8. The number of carbonyl (C=O) groups is 2. The van der Waals surface area contributed by atoms with Crippen LogP contribution in [-0.2, 0) is 44.7 Å². The number of rotatable bonds is 14. The molecule has 3 aromatic carbocycles. The summed E-state index contributed by atoms with van der Waals surface area (Å²) in [6.45, 7) is 5.83. The third kappa shape index (κ3) is 8.17. The molecule has 12 heteroatoms. The number of nitrogens with one attached hydrogen (secondary N) is 2. The van der Waals surface area contributed by atoms with Gasteiger partial charge in [-0.3, -0.25) is 0 Å². The number of sulfonamides is 1. The lowest BCUT2D eigenvalue weighted by molar-refractivity contribution is -0.165. The zero-order chi connectivity index (χ0) is 33.3. The van der Waals surface area contributed by atoms with Crippen molar-refractivity contribution in [3.8, 4) is 11.1 Å². The zero-order valence-electron chi connectivity index (χ0n) is 26.4. The van der Waals surface area contributed by atoms with Gasteiger partial charge in [-0.1, -0.05) is 86.1 Å². The first-order valence-electron chi connectivity index (χ1n) is 15.1. The van der Waals surface area contributed by atoms with Gasteiger partial charge >= 0.3 is 12.0 Å². The number of unbranched alkanes of at least 4 members (excludes halogenated alkanes) is 1. The van der Waals surface area contributed by atoms with Crippen molar-refractivity contribution in [3.63, 3.8) is 0 Å². The van der Waals surface area contributed by atoms with Gasteiger partial charge in [0.05, 0.1) is 17.2 Å². The van der Waals surface area contributed by atoms with E-state index in [1.807, 2.05) is 53.3 Å². The van der Waals surface area contributed by atoms with Crippen molar-refractivity contribution < 1.29 is 27.9 Å². The van der Waals surface area contributed by atoms with E-state index >= 15 is 0 Å². The van der Waals surface area contributed by atoms with Crippen molar-refractivity contribution in [3.05, 3.63) is 102 Å². The number of hydrogen-bond acceptors (Lipinski definition) is 8. The molecule has 1 unspecified atom stereocenters. The topological polar surface area (TPSA) is 140 Å². The molecule has 46 heavy (non-hydrogen) atoms. The predicted molar refractivity (Wildman–Crippen MR) is 179 cm³/mol. The lowest BCUT2D eigenvalue weighted by Crippen LogP contribution is -2.39. The van der Waals surface area contributed by atoms with Crippen LogP contribution in [0.3, 0.4) is 0 Å². The van der Waals surface area contributed by atoms with E-state index in [2.05, 4.69) is 17.0 Å². The summed E-state index contributed by atoms with van der Waals surface area (Å²) < 4.78 is 35.8. The van der Waals surface area contributed by atoms with Crippen LogP contribution in [0.15, 0.2) is 88.8 Å². The summed E-state index contributed by atoms with van der Waals surface area (Å²) in [6.07, 6.45) is 4.35. The summed E-state index contributed by atoms with van der Waals surface area (Å²) in [4.78, 5) is 30.1. The normalized spacial score (nSPS) is 12.7. The Morgan fingerprint density at radius 3 is 2.30 bits per heavy atom. The molecule has 0 spiro atoms. The Bertz CT molecular complexity index is 1750. The molecule has 1 aromatic heterocycles. The number of hydrogen-bond donors (Lipinski definition) is 3. The van der Waals surface area contributed by atoms with Crippen molar-refractivity contribution in [2.45, 2.75) is 68.6 Å². The van der Waals surface area contributed by atoms with Crippen LogP contribution in [0.5, 0.6) is 0 Å². The van der Waals surface area contributed by atoms with E-state index in [1.54, 1.807) is 37.3 Å². The first kappa shape index (κ1) is 34.7. The van der Waals surface area contributed by atoms with Crippen LogP contribution >= 0.6 is 11.8 Å². The monoisotopic (exact) mass is 664 g/mol. The summed E-state index contributed by atoms with van der Waals surface area (Å²) in [7, 11) is -4.20. The number of imidazole rings is 1. The Hall–Kier alpha value is -4.13. The van der Waals surface area contributed by atoms with E-state index in [4.69, 9.17) is 9.72 Å². The number of aliphatic hydroxyl groups is 1. The molecule has 4 rings (SSSR count). The Balaban J connectivity index is 1.61. The van der Waals surface area contributed by atoms with Gasteiger partial charge in [-0.05, 0) is 49.3 Å². The van der Waals surface area contributed by atoms with Gasteiger partial charge in [0, 0.05) is 25.1 Å². The Labute approximate surface area is 274 Å². The van der Waals surface area contributed by atoms with Crippen LogP contribution in [0.4, 0.5) is 4.79 Å². The molecule has 1 atom stereocenters. The van der Waals surface area contributed by atoms with Crippen molar-refractivity contribution >= 4 is 33.8 Å². The molecule has 0 fully saturated rings. The highest BCUT2D eigenvalue weighted by Gasteiger charge is 2.41. The number of urea groups is 1. The third-order valence-electron chi connectivity index (χ3n) is 7.40. The predicted octanol–water partition coefficient (Wildman–Crippen LogP) is 5.62. The fraction of sp³-hybridized carbons (Fsp3) is 0.324. The molecule has 0 aliphatic heterocycles. The molecule has 4 aromatic rings. The first-order chi connectivity index (χ1) is 22.0. The fourth-order valence-electron chi connectivity index (χ4n) is 5.06. The number of aryl methyl sites for hydroxylation is 1. The van der Waals surface area contributed by atoms with E-state index in [0.717, 1.165) is 29.8 Å². The lowest BCUT2D eigenvalue weighted by atomic mass is 10.0. The summed E-state index contributed by atoms with van der Waals surface area (Å²) in [5.41, 5.74) is 1.21. The van der Waals surface area contributed by atoms with E-state index in [-0.39, 0.29) is 18.0 Å². The van der Waals surface area contributed by atoms with Gasteiger partial charge in [-0.2, -0.15) is 0 Å². The maximum absolute atomic E-state index is 13.3. The molecule has 0 radical (unpaired) electrons. The van der Waals surface area contributed by atoms with Gasteiger partial charge in [0.15, 0.2) is 0 Å². The molecule has 244 valence electrons. The van der Waals surface area contributed by atoms with E-state index in [9.17, 15) is 23.1 Å². The quantitative estimate of drug-likeness (QED) is 0.117. The second-order valence-electron chi connectivity index (χ2n) is 10.8. The highest BCUT2D eigenvalue weighted by molar-refractivity contribution is 7.98. The smallest absolute Gasteiger partial charge is 0.344 e. The molecule has 3 N–H and O–H groups in total. The zero-order valence-corrected chi connectivity index (χ0v) is 28.1. The minimum Gasteiger partial charge on any atom is -0.464 e. The van der Waals surface area contributed by atoms with Crippen LogP contribution in [0.25, 0.3) is 11.1 Å². The fourth-order valence-corrected chi connectivity index (χ4v) is 6.91. The van der Waals surface area contributed by atoms with E-state index in [1.165, 1.54) is 24.8 Å². The number of aromatic nitrogens is 2. The van der Waals surface area contributed by atoms with Crippen molar-refractivity contribution in [2.75, 3.05) is 12.9 Å². The van der Waals surface area contributed by atoms with Crippen LogP contribution in [0, 0.1) is 0 Å². The molecular weight excluding hydrogens is 625 g/mol. The van der Waals surface area contributed by atoms with Crippen molar-refractivity contribution in [1.29, 1.82) is 0 Å². The highest BCUT2D eigenvalue weighted by atomic mass is 32.2. The van der Waals surface area contributed by atoms with Crippen LogP contribution in [-0.4, -0.2) is 47.9 Å². The van der Waals surface area contributed by atoms with Gasteiger partial charge in [0.1, 0.15) is 10.9 Å². The van der Waals surface area contributed by atoms with Gasteiger partial charge in [-0.15, -0.1) is 11.8 Å². The van der Waals surface area contributed by atoms with Crippen LogP contribution < -0.4 is 10.0 Å². The van der Waals surface area contributed by atoms with Gasteiger partial charge in [0.25, 0.3) is 10.0 Å². The van der Waals surface area contributed by atoms with Crippen molar-refractivity contribution in [1.82, 2.24) is 19.6 Å². The molecule has 2 amide bonds. The summed E-state index contributed by atoms with van der Waals surface area (Å²) >= 11 is 1.36. The molecule has 0 saturated heterocycles.